The third-order valence-corrected chi connectivity index (χ3v) is 4.61. The van der Waals surface area contributed by atoms with Crippen molar-refractivity contribution >= 4 is 11.9 Å². The quantitative estimate of drug-likeness (QED) is 0.774. The SMILES string of the molecule is CC[C@@]1(C)NC(=O)N(C[C@@H](O)COc2ccc(C(C)(C)C)cc2)C1=O. The number of hydrogen-bond donors (Lipinski definition) is 2. The van der Waals surface area contributed by atoms with E-state index in [9.17, 15) is 14.7 Å². The molecule has 25 heavy (non-hydrogen) atoms. The van der Waals surface area contributed by atoms with Gasteiger partial charge in [-0.15, -0.1) is 0 Å². The summed E-state index contributed by atoms with van der Waals surface area (Å²) >= 11 is 0. The number of aliphatic hydroxyl groups is 1. The fourth-order valence-corrected chi connectivity index (χ4v) is 2.66. The number of carbonyl (C=O) groups is 2. The molecule has 6 heteroatoms. The second kappa shape index (κ2) is 7.04. The molecular formula is C19H28N2O4. The number of urea groups is 1. The van der Waals surface area contributed by atoms with Gasteiger partial charge in [0.25, 0.3) is 5.91 Å². The Balaban J connectivity index is 1.90. The number of nitrogens with zero attached hydrogens (tertiary/aromatic N) is 1. The maximum atomic E-state index is 12.3. The van der Waals surface area contributed by atoms with E-state index in [2.05, 4.69) is 26.1 Å². The maximum Gasteiger partial charge on any atom is 0.325 e. The van der Waals surface area contributed by atoms with Gasteiger partial charge in [0, 0.05) is 0 Å². The topological polar surface area (TPSA) is 78.9 Å². The van der Waals surface area contributed by atoms with E-state index in [4.69, 9.17) is 4.74 Å². The number of nitrogens with one attached hydrogen (secondary N) is 1. The fraction of sp³-hybridized carbons (Fsp3) is 0.579. The molecule has 1 saturated heterocycles. The third kappa shape index (κ3) is 4.31. The standard InChI is InChI=1S/C19H28N2O4/c1-6-19(5)16(23)21(17(24)20-19)11-14(22)12-25-15-9-7-13(8-10-15)18(2,3)4/h7-10,14,22H,6,11-12H2,1-5H3,(H,20,24)/t14-,19-/m1/s1. The van der Waals surface area contributed by atoms with Gasteiger partial charge in [-0.1, -0.05) is 39.8 Å². The predicted molar refractivity (Wildman–Crippen MR) is 95.6 cm³/mol. The zero-order valence-electron chi connectivity index (χ0n) is 15.6. The molecule has 6 nitrogen and oxygen atoms in total. The molecule has 2 N–H and O–H groups in total. The van der Waals surface area contributed by atoms with E-state index in [-0.39, 0.29) is 24.5 Å². The van der Waals surface area contributed by atoms with E-state index in [1.807, 2.05) is 31.2 Å². The number of hydrogen-bond acceptors (Lipinski definition) is 4. The highest BCUT2D eigenvalue weighted by molar-refractivity contribution is 6.06. The molecule has 0 spiro atoms. The second-order valence-electron chi connectivity index (χ2n) is 7.77. The van der Waals surface area contributed by atoms with Gasteiger partial charge in [0.1, 0.15) is 24.0 Å². The average molecular weight is 348 g/mol. The molecule has 2 atom stereocenters. The van der Waals surface area contributed by atoms with Crippen LogP contribution in [-0.2, 0) is 10.2 Å². The van der Waals surface area contributed by atoms with Crippen molar-refractivity contribution in [2.75, 3.05) is 13.2 Å². The van der Waals surface area contributed by atoms with Crippen molar-refractivity contribution in [1.29, 1.82) is 0 Å². The number of benzene rings is 1. The molecular weight excluding hydrogens is 320 g/mol. The molecule has 1 aromatic rings. The van der Waals surface area contributed by atoms with Crippen molar-refractivity contribution in [2.45, 2.75) is 58.1 Å². The van der Waals surface area contributed by atoms with Crippen molar-refractivity contribution in [3.05, 3.63) is 29.8 Å². The van der Waals surface area contributed by atoms with Gasteiger partial charge in [-0.25, -0.2) is 4.79 Å². The van der Waals surface area contributed by atoms with Gasteiger partial charge in [-0.2, -0.15) is 0 Å². The molecule has 0 bridgehead atoms. The summed E-state index contributed by atoms with van der Waals surface area (Å²) in [6.45, 7) is 9.85. The van der Waals surface area contributed by atoms with Crippen molar-refractivity contribution in [1.82, 2.24) is 10.2 Å². The van der Waals surface area contributed by atoms with Crippen LogP contribution < -0.4 is 10.1 Å². The number of amides is 3. The molecule has 0 aliphatic carbocycles. The number of aliphatic hydroxyl groups excluding tert-OH is 1. The highest BCUT2D eigenvalue weighted by Crippen LogP contribution is 2.24. The zero-order chi connectivity index (χ0) is 18.8. The molecule has 1 heterocycles. The number of rotatable bonds is 6. The normalized spacial score (nSPS) is 22.1. The number of imide groups is 1. The summed E-state index contributed by atoms with van der Waals surface area (Å²) in [5.41, 5.74) is 0.368. The van der Waals surface area contributed by atoms with Gasteiger partial charge in [0.15, 0.2) is 0 Å². The van der Waals surface area contributed by atoms with Crippen LogP contribution in [0.1, 0.15) is 46.6 Å². The van der Waals surface area contributed by atoms with Crippen LogP contribution in [0, 0.1) is 0 Å². The van der Waals surface area contributed by atoms with Gasteiger partial charge < -0.3 is 15.2 Å². The van der Waals surface area contributed by atoms with Crippen LogP contribution in [0.25, 0.3) is 0 Å². The molecule has 138 valence electrons. The summed E-state index contributed by atoms with van der Waals surface area (Å²) in [4.78, 5) is 25.3. The molecule has 1 fully saturated rings. The van der Waals surface area contributed by atoms with Crippen LogP contribution in [-0.4, -0.2) is 46.7 Å². The van der Waals surface area contributed by atoms with Crippen molar-refractivity contribution < 1.29 is 19.4 Å². The smallest absolute Gasteiger partial charge is 0.325 e. The largest absolute Gasteiger partial charge is 0.491 e. The van der Waals surface area contributed by atoms with E-state index in [1.165, 1.54) is 5.56 Å². The van der Waals surface area contributed by atoms with Crippen LogP contribution in [0.4, 0.5) is 4.79 Å². The molecule has 2 rings (SSSR count). The van der Waals surface area contributed by atoms with Crippen molar-refractivity contribution in [3.63, 3.8) is 0 Å². The Bertz CT molecular complexity index is 636. The number of ether oxygens (including phenoxy) is 1. The summed E-state index contributed by atoms with van der Waals surface area (Å²) in [5, 5.41) is 12.8. The Morgan fingerprint density at radius 1 is 1.24 bits per heavy atom. The molecule has 0 unspecified atom stereocenters. The number of β-amino-alcohol motifs (C(OH)–C–C–N with tert-alkyl or cyclic N) is 1. The minimum Gasteiger partial charge on any atom is -0.491 e. The summed E-state index contributed by atoms with van der Waals surface area (Å²) in [5.74, 6) is 0.330. The van der Waals surface area contributed by atoms with E-state index in [0.29, 0.717) is 12.2 Å². The first-order valence-corrected chi connectivity index (χ1v) is 8.62. The third-order valence-electron chi connectivity index (χ3n) is 4.61. The summed E-state index contributed by atoms with van der Waals surface area (Å²) in [6, 6.07) is 7.23. The lowest BCUT2D eigenvalue weighted by molar-refractivity contribution is -0.132. The first-order chi connectivity index (χ1) is 11.6. The number of carbonyl (C=O) groups excluding carboxylic acids is 2. The fourth-order valence-electron chi connectivity index (χ4n) is 2.66. The highest BCUT2D eigenvalue weighted by Gasteiger charge is 2.46. The second-order valence-corrected chi connectivity index (χ2v) is 7.77. The van der Waals surface area contributed by atoms with Crippen molar-refractivity contribution in [3.8, 4) is 5.75 Å². The van der Waals surface area contributed by atoms with Gasteiger partial charge in [-0.05, 0) is 36.5 Å². The van der Waals surface area contributed by atoms with E-state index in [1.54, 1.807) is 6.92 Å². The lowest BCUT2D eigenvalue weighted by Crippen LogP contribution is -2.44. The van der Waals surface area contributed by atoms with Gasteiger partial charge in [0.2, 0.25) is 0 Å². The molecule has 3 amide bonds. The lowest BCUT2D eigenvalue weighted by atomic mass is 9.87. The van der Waals surface area contributed by atoms with Gasteiger partial charge in [0.05, 0.1) is 6.54 Å². The zero-order valence-corrected chi connectivity index (χ0v) is 15.6. The Morgan fingerprint density at radius 3 is 2.32 bits per heavy atom. The lowest BCUT2D eigenvalue weighted by Gasteiger charge is -2.21. The monoisotopic (exact) mass is 348 g/mol. The van der Waals surface area contributed by atoms with Crippen molar-refractivity contribution in [2.24, 2.45) is 0 Å². The Kier molecular flexibility index (Phi) is 5.42. The molecule has 0 aromatic heterocycles. The maximum absolute atomic E-state index is 12.3. The van der Waals surface area contributed by atoms with E-state index in [0.717, 1.165) is 4.90 Å². The van der Waals surface area contributed by atoms with Gasteiger partial charge >= 0.3 is 6.03 Å². The van der Waals surface area contributed by atoms with Crippen LogP contribution >= 0.6 is 0 Å². The van der Waals surface area contributed by atoms with Crippen LogP contribution in [0.3, 0.4) is 0 Å². The predicted octanol–water partition coefficient (Wildman–Crippen LogP) is 2.44. The molecule has 0 radical (unpaired) electrons. The average Bonchev–Trinajstić information content (AvgIpc) is 2.76. The Hall–Kier alpha value is -2.08. The van der Waals surface area contributed by atoms with Gasteiger partial charge in [-0.3, -0.25) is 9.69 Å². The van der Waals surface area contributed by atoms with Crippen LogP contribution in [0.15, 0.2) is 24.3 Å². The molecule has 1 aliphatic heterocycles. The van der Waals surface area contributed by atoms with Crippen LogP contribution in [0.2, 0.25) is 0 Å². The summed E-state index contributed by atoms with van der Waals surface area (Å²) in [7, 11) is 0. The summed E-state index contributed by atoms with van der Waals surface area (Å²) < 4.78 is 5.57. The molecule has 1 aromatic carbocycles. The highest BCUT2D eigenvalue weighted by atomic mass is 16.5. The Labute approximate surface area is 149 Å². The molecule has 0 saturated carbocycles. The molecule has 1 aliphatic rings. The first kappa shape index (κ1) is 19.2. The summed E-state index contributed by atoms with van der Waals surface area (Å²) in [6.07, 6.45) is -0.447. The van der Waals surface area contributed by atoms with Crippen LogP contribution in [0.5, 0.6) is 5.75 Å². The first-order valence-electron chi connectivity index (χ1n) is 8.62. The minimum atomic E-state index is -0.948. The van der Waals surface area contributed by atoms with E-state index < -0.39 is 17.7 Å². The van der Waals surface area contributed by atoms with E-state index >= 15 is 0 Å². The minimum absolute atomic E-state index is 0.00869. The Morgan fingerprint density at radius 2 is 1.84 bits per heavy atom.